The predicted octanol–water partition coefficient (Wildman–Crippen LogP) is 5.95. The van der Waals surface area contributed by atoms with Crippen LogP contribution < -0.4 is 14.3 Å². The van der Waals surface area contributed by atoms with Crippen molar-refractivity contribution >= 4 is 69.7 Å². The van der Waals surface area contributed by atoms with Gasteiger partial charge < -0.3 is 27.9 Å². The zero-order chi connectivity index (χ0) is 34.7. The molecule has 0 spiro atoms. The highest BCUT2D eigenvalue weighted by Gasteiger charge is 2.54. The van der Waals surface area contributed by atoms with Crippen molar-refractivity contribution in [3.05, 3.63) is 36.4 Å². The van der Waals surface area contributed by atoms with Crippen LogP contribution in [0.25, 0.3) is 32.1 Å². The van der Waals surface area contributed by atoms with Gasteiger partial charge in [-0.3, -0.25) is 0 Å². The molecule has 9 nitrogen and oxygen atoms in total. The summed E-state index contributed by atoms with van der Waals surface area (Å²) >= 11 is 4.70. The van der Waals surface area contributed by atoms with E-state index in [1.165, 1.54) is 0 Å². The molecular formula is C33H42B3N3O6S3. The van der Waals surface area contributed by atoms with E-state index in [9.17, 15) is 0 Å². The van der Waals surface area contributed by atoms with Crippen molar-refractivity contribution in [3.63, 3.8) is 0 Å². The largest absolute Gasteiger partial charge is 0.505 e. The maximum atomic E-state index is 6.34. The molecule has 3 fully saturated rings. The summed E-state index contributed by atoms with van der Waals surface area (Å²) < 4.78 is 40.9. The lowest BCUT2D eigenvalue weighted by Crippen LogP contribution is -2.41. The number of thiophene rings is 3. The van der Waals surface area contributed by atoms with E-state index in [1.807, 2.05) is 36.4 Å². The van der Waals surface area contributed by atoms with Crippen LogP contribution in [0, 0.1) is 0 Å². The van der Waals surface area contributed by atoms with Gasteiger partial charge in [0, 0.05) is 14.3 Å². The SMILES string of the molecule is CC1(C)OB(c2ccc(-c3nc(-c4ccc(B5OC(C)(C)C(C)(C)O5)s4)nc(-c4ccc(B5OC(C)(C)C(C)(C)O5)s4)n3)s2)OC1(C)C. The summed E-state index contributed by atoms with van der Waals surface area (Å²) in [6.45, 7) is 24.7. The highest BCUT2D eigenvalue weighted by atomic mass is 32.1. The van der Waals surface area contributed by atoms with E-state index in [-0.39, 0.29) is 0 Å². The van der Waals surface area contributed by atoms with Crippen molar-refractivity contribution in [2.24, 2.45) is 0 Å². The van der Waals surface area contributed by atoms with Crippen LogP contribution in [-0.4, -0.2) is 69.9 Å². The van der Waals surface area contributed by atoms with Gasteiger partial charge >= 0.3 is 21.4 Å². The Morgan fingerprint density at radius 3 is 0.792 bits per heavy atom. The molecular weight excluding hydrogens is 663 g/mol. The summed E-state index contributed by atoms with van der Waals surface area (Å²) in [5.41, 5.74) is -2.60. The summed E-state index contributed by atoms with van der Waals surface area (Å²) in [5.74, 6) is 1.75. The summed E-state index contributed by atoms with van der Waals surface area (Å²) in [6, 6.07) is 12.2. The predicted molar refractivity (Wildman–Crippen MR) is 197 cm³/mol. The number of nitrogens with zero attached hydrogens (tertiary/aromatic N) is 3. The van der Waals surface area contributed by atoms with Crippen molar-refractivity contribution in [1.82, 2.24) is 15.0 Å². The number of hydrogen-bond acceptors (Lipinski definition) is 12. The molecule has 0 radical (unpaired) electrons. The summed E-state index contributed by atoms with van der Waals surface area (Å²) in [6.07, 6.45) is 0. The summed E-state index contributed by atoms with van der Waals surface area (Å²) in [4.78, 5) is 17.7. The molecule has 0 aliphatic carbocycles. The Bertz CT molecular complexity index is 1600. The smallest absolute Gasteiger partial charge is 0.399 e. The van der Waals surface area contributed by atoms with Crippen LogP contribution in [0.4, 0.5) is 0 Å². The van der Waals surface area contributed by atoms with Crippen molar-refractivity contribution in [1.29, 1.82) is 0 Å². The third kappa shape index (κ3) is 5.86. The van der Waals surface area contributed by atoms with E-state index < -0.39 is 55.0 Å². The first kappa shape index (κ1) is 34.5. The Labute approximate surface area is 296 Å². The molecule has 0 bridgehead atoms. The van der Waals surface area contributed by atoms with Crippen LogP contribution in [0.3, 0.4) is 0 Å². The van der Waals surface area contributed by atoms with Crippen LogP contribution in [-0.2, 0) is 27.9 Å². The number of aromatic nitrogens is 3. The lowest BCUT2D eigenvalue weighted by atomic mass is 9.88. The minimum Gasteiger partial charge on any atom is -0.399 e. The normalized spacial score (nSPS) is 23.4. The first-order chi connectivity index (χ1) is 22.2. The summed E-state index contributed by atoms with van der Waals surface area (Å²) in [5, 5.41) is 0. The van der Waals surface area contributed by atoms with Crippen molar-refractivity contribution in [3.8, 4) is 32.1 Å². The molecule has 0 N–H and O–H groups in total. The van der Waals surface area contributed by atoms with Gasteiger partial charge in [-0.05, 0) is 101 Å². The molecule has 0 unspecified atom stereocenters. The second-order valence-electron chi connectivity index (χ2n) is 15.7. The van der Waals surface area contributed by atoms with Gasteiger partial charge in [-0.15, -0.1) is 34.0 Å². The van der Waals surface area contributed by atoms with E-state index >= 15 is 0 Å². The Kier molecular flexibility index (Phi) is 8.11. The number of hydrogen-bond donors (Lipinski definition) is 0. The topological polar surface area (TPSA) is 94.1 Å². The van der Waals surface area contributed by atoms with E-state index in [0.29, 0.717) is 17.5 Å². The van der Waals surface area contributed by atoms with Crippen molar-refractivity contribution in [2.45, 2.75) is 117 Å². The molecule has 0 amide bonds. The second-order valence-corrected chi connectivity index (χ2v) is 19.0. The molecule has 3 saturated heterocycles. The average molecular weight is 705 g/mol. The molecule has 7 heterocycles. The zero-order valence-corrected chi connectivity index (χ0v) is 32.2. The van der Waals surface area contributed by atoms with Gasteiger partial charge in [0.25, 0.3) is 0 Å². The van der Waals surface area contributed by atoms with Gasteiger partial charge in [-0.25, -0.2) is 15.0 Å². The second kappa shape index (κ2) is 11.3. The Hall–Kier alpha value is -1.94. The van der Waals surface area contributed by atoms with E-state index in [0.717, 1.165) is 29.0 Å². The van der Waals surface area contributed by atoms with Crippen LogP contribution in [0.2, 0.25) is 0 Å². The van der Waals surface area contributed by atoms with Crippen LogP contribution in [0.1, 0.15) is 83.1 Å². The molecule has 48 heavy (non-hydrogen) atoms. The summed E-state index contributed by atoms with van der Waals surface area (Å²) in [7, 11) is -1.39. The van der Waals surface area contributed by atoms with Crippen LogP contribution >= 0.6 is 34.0 Å². The Morgan fingerprint density at radius 1 is 0.375 bits per heavy atom. The molecule has 0 saturated carbocycles. The molecule has 4 aromatic heterocycles. The standard InChI is InChI=1S/C33H42B3N3O6S3/c1-28(2)29(3,4)41-34(40-28)22-16-13-19(46-22)25-37-26(20-14-17-23(47-20)35-42-30(5,6)31(7,8)43-35)39-27(38-25)21-15-18-24(48-21)36-44-32(9,10)33(11,12)45-36/h13-18H,1-12H3. The highest BCUT2D eigenvalue weighted by Crippen LogP contribution is 2.40. The first-order valence-electron chi connectivity index (χ1n) is 16.3. The van der Waals surface area contributed by atoms with E-state index in [1.54, 1.807) is 34.0 Å². The number of rotatable bonds is 6. The fourth-order valence-corrected chi connectivity index (χ4v) is 8.09. The molecule has 7 rings (SSSR count). The molecule has 3 aliphatic rings. The molecule has 3 aliphatic heterocycles. The van der Waals surface area contributed by atoms with Crippen LogP contribution in [0.5, 0.6) is 0 Å². The molecule has 4 aromatic rings. The quantitative estimate of drug-likeness (QED) is 0.226. The maximum Gasteiger partial charge on any atom is 0.505 e. The zero-order valence-electron chi connectivity index (χ0n) is 29.7. The fraction of sp³-hybridized carbons (Fsp3) is 0.545. The van der Waals surface area contributed by atoms with Gasteiger partial charge in [0.1, 0.15) is 0 Å². The average Bonchev–Trinajstić information content (AvgIpc) is 3.80. The van der Waals surface area contributed by atoms with Gasteiger partial charge in [-0.2, -0.15) is 0 Å². The highest BCUT2D eigenvalue weighted by molar-refractivity contribution is 7.26. The lowest BCUT2D eigenvalue weighted by molar-refractivity contribution is 0.00578. The minimum absolute atomic E-state index is 0.433. The van der Waals surface area contributed by atoms with Gasteiger partial charge in [-0.1, -0.05) is 18.2 Å². The lowest BCUT2D eigenvalue weighted by Gasteiger charge is -2.32. The van der Waals surface area contributed by atoms with Gasteiger partial charge in [0.15, 0.2) is 17.5 Å². The van der Waals surface area contributed by atoms with Gasteiger partial charge in [0.05, 0.1) is 48.2 Å². The van der Waals surface area contributed by atoms with Crippen LogP contribution in [0.15, 0.2) is 36.4 Å². The molecule has 0 atom stereocenters. The first-order valence-corrected chi connectivity index (χ1v) is 18.8. The van der Waals surface area contributed by atoms with Crippen molar-refractivity contribution < 1.29 is 27.9 Å². The molecule has 0 aromatic carbocycles. The van der Waals surface area contributed by atoms with Crippen molar-refractivity contribution in [2.75, 3.05) is 0 Å². The minimum atomic E-state index is -0.464. The third-order valence-corrected chi connectivity index (χ3v) is 13.9. The Balaban J connectivity index is 1.25. The maximum absolute atomic E-state index is 6.34. The fourth-order valence-electron chi connectivity index (χ4n) is 5.38. The molecule has 252 valence electrons. The third-order valence-electron chi connectivity index (χ3n) is 10.6. The van der Waals surface area contributed by atoms with E-state index in [4.69, 9.17) is 42.9 Å². The van der Waals surface area contributed by atoms with E-state index in [2.05, 4.69) is 83.1 Å². The van der Waals surface area contributed by atoms with Gasteiger partial charge in [0.2, 0.25) is 0 Å². The Morgan fingerprint density at radius 2 is 0.583 bits per heavy atom. The molecule has 15 heteroatoms. The monoisotopic (exact) mass is 705 g/mol.